The quantitative estimate of drug-likeness (QED) is 0.386. The van der Waals surface area contributed by atoms with Crippen molar-refractivity contribution in [2.75, 3.05) is 5.75 Å². The first-order valence-electron chi connectivity index (χ1n) is 8.27. The minimum atomic E-state index is -4.13. The normalized spacial score (nSPS) is 20.9. The van der Waals surface area contributed by atoms with E-state index in [0.717, 1.165) is 12.1 Å². The predicted octanol–water partition coefficient (Wildman–Crippen LogP) is 5.97. The molecule has 0 aliphatic carbocycles. The van der Waals surface area contributed by atoms with Crippen molar-refractivity contribution >= 4 is 65.0 Å². The number of carbonyl (C=O) groups is 2. The Bertz CT molecular complexity index is 1200. The number of carbonyl (C=O) groups excluding carboxylic acids is 2. The SMILES string of the molecule is O=C1CS(=O)c2c1ccc(Br)c2C(F)F.O=C1c2ccc(Br)c(C(F)F)c2S(=O)C1(F)F. The van der Waals surface area contributed by atoms with E-state index in [9.17, 15) is 44.3 Å². The summed E-state index contributed by atoms with van der Waals surface area (Å²) in [6, 6.07) is 4.85. The fraction of sp³-hybridized carbons (Fsp3) is 0.222. The molecule has 0 radical (unpaired) electrons. The summed E-state index contributed by atoms with van der Waals surface area (Å²) in [6.45, 7) is 0. The van der Waals surface area contributed by atoms with E-state index >= 15 is 0 Å². The average Bonchev–Trinajstić information content (AvgIpc) is 3.07. The Hall–Kier alpha value is -1.38. The molecule has 14 heteroatoms. The van der Waals surface area contributed by atoms with Gasteiger partial charge in [0.15, 0.2) is 5.78 Å². The molecule has 2 aliphatic heterocycles. The van der Waals surface area contributed by atoms with E-state index in [1.165, 1.54) is 12.1 Å². The van der Waals surface area contributed by atoms with E-state index < -0.39 is 61.5 Å². The first-order chi connectivity index (χ1) is 14.8. The Morgan fingerprint density at radius 2 is 1.28 bits per heavy atom. The summed E-state index contributed by atoms with van der Waals surface area (Å²) in [6.07, 6.45) is -5.82. The van der Waals surface area contributed by atoms with Crippen molar-refractivity contribution in [1.29, 1.82) is 0 Å². The van der Waals surface area contributed by atoms with Crippen molar-refractivity contribution in [2.24, 2.45) is 0 Å². The van der Waals surface area contributed by atoms with Gasteiger partial charge in [-0.05, 0) is 24.3 Å². The summed E-state index contributed by atoms with van der Waals surface area (Å²) in [5, 5.41) is -4.13. The summed E-state index contributed by atoms with van der Waals surface area (Å²) in [4.78, 5) is 21.7. The van der Waals surface area contributed by atoms with Crippen LogP contribution in [0.5, 0.6) is 0 Å². The van der Waals surface area contributed by atoms with E-state index in [4.69, 9.17) is 0 Å². The molecule has 2 aromatic rings. The van der Waals surface area contributed by atoms with Gasteiger partial charge in [0.1, 0.15) is 10.8 Å². The van der Waals surface area contributed by atoms with Gasteiger partial charge in [-0.1, -0.05) is 31.9 Å². The van der Waals surface area contributed by atoms with Gasteiger partial charge >= 0.3 is 5.25 Å². The maximum Gasteiger partial charge on any atom is 0.387 e. The van der Waals surface area contributed by atoms with Gasteiger partial charge in [0.2, 0.25) is 5.78 Å². The lowest BCUT2D eigenvalue weighted by Crippen LogP contribution is -2.26. The number of rotatable bonds is 2. The smallest absolute Gasteiger partial charge is 0.293 e. The van der Waals surface area contributed by atoms with Gasteiger partial charge in [-0.3, -0.25) is 13.8 Å². The van der Waals surface area contributed by atoms with E-state index in [1.54, 1.807) is 0 Å². The summed E-state index contributed by atoms with van der Waals surface area (Å²) in [7, 11) is -4.70. The highest BCUT2D eigenvalue weighted by atomic mass is 79.9. The summed E-state index contributed by atoms with van der Waals surface area (Å²) in [5.74, 6) is -2.20. The number of hydrogen-bond acceptors (Lipinski definition) is 4. The third kappa shape index (κ3) is 4.14. The third-order valence-electron chi connectivity index (χ3n) is 4.44. The molecule has 0 N–H and O–H groups in total. The second-order valence-electron chi connectivity index (χ2n) is 6.30. The lowest BCUT2D eigenvalue weighted by atomic mass is 10.1. The summed E-state index contributed by atoms with van der Waals surface area (Å²) < 4.78 is 100. The zero-order valence-electron chi connectivity index (χ0n) is 15.1. The molecule has 0 saturated heterocycles. The molecule has 2 heterocycles. The van der Waals surface area contributed by atoms with Crippen LogP contribution < -0.4 is 0 Å². The minimum Gasteiger partial charge on any atom is -0.293 e. The van der Waals surface area contributed by atoms with Crippen LogP contribution in [-0.4, -0.2) is 31.0 Å². The van der Waals surface area contributed by atoms with Crippen LogP contribution in [0, 0.1) is 0 Å². The monoisotopic (exact) mass is 624 g/mol. The average molecular weight is 626 g/mol. The molecule has 4 rings (SSSR count). The lowest BCUT2D eigenvalue weighted by Gasteiger charge is -2.08. The number of Topliss-reactive ketones (excluding diaryl/α,β-unsaturated/α-hetero) is 2. The van der Waals surface area contributed by atoms with Crippen molar-refractivity contribution in [3.8, 4) is 0 Å². The molecule has 0 amide bonds. The largest absolute Gasteiger partial charge is 0.387 e. The fourth-order valence-electron chi connectivity index (χ4n) is 3.04. The maximum atomic E-state index is 13.2. The molecule has 172 valence electrons. The van der Waals surface area contributed by atoms with Crippen LogP contribution in [0.25, 0.3) is 0 Å². The number of halogens is 8. The van der Waals surface area contributed by atoms with E-state index in [1.807, 2.05) is 0 Å². The van der Waals surface area contributed by atoms with Gasteiger partial charge < -0.3 is 0 Å². The highest BCUT2D eigenvalue weighted by molar-refractivity contribution is 9.10. The van der Waals surface area contributed by atoms with Crippen LogP contribution in [0.2, 0.25) is 0 Å². The second-order valence-corrected chi connectivity index (χ2v) is 10.9. The maximum absolute atomic E-state index is 13.2. The van der Waals surface area contributed by atoms with Crippen LogP contribution in [0.3, 0.4) is 0 Å². The molecule has 2 aromatic carbocycles. The van der Waals surface area contributed by atoms with Gasteiger partial charge in [-0.2, -0.15) is 8.78 Å². The predicted molar refractivity (Wildman–Crippen MR) is 109 cm³/mol. The molecule has 0 fully saturated rings. The molecule has 0 spiro atoms. The van der Waals surface area contributed by atoms with Crippen molar-refractivity contribution in [3.05, 3.63) is 55.5 Å². The molecule has 2 atom stereocenters. The summed E-state index contributed by atoms with van der Waals surface area (Å²) >= 11 is 5.74. The highest BCUT2D eigenvalue weighted by Crippen LogP contribution is 2.45. The van der Waals surface area contributed by atoms with Crippen LogP contribution in [0.4, 0.5) is 26.3 Å². The molecule has 2 aliphatic rings. The second kappa shape index (κ2) is 9.11. The number of ketones is 2. The lowest BCUT2D eigenvalue weighted by molar-refractivity contribution is 0.0566. The van der Waals surface area contributed by atoms with Gasteiger partial charge in [0, 0.05) is 31.2 Å². The number of alkyl halides is 6. The zero-order chi connectivity index (χ0) is 24.1. The molecule has 0 aromatic heterocycles. The topological polar surface area (TPSA) is 68.3 Å². The van der Waals surface area contributed by atoms with Gasteiger partial charge in [0.05, 0.1) is 26.3 Å². The molecule has 2 unspecified atom stereocenters. The van der Waals surface area contributed by atoms with Crippen LogP contribution >= 0.6 is 31.9 Å². The fourth-order valence-corrected chi connectivity index (χ4v) is 7.01. The highest BCUT2D eigenvalue weighted by Gasteiger charge is 2.56. The standard InChI is InChI=1S/C9H3BrF4O2S.C9H5BrF2O2S/c10-4-2-1-3-6(5(4)8(11)12)17(16)9(13,14)7(3)15;10-5-2-1-4-6(13)3-15(14)8(4)7(5)9(11)12/h1-2,8H;1-2,9H,3H2. The molecular weight excluding hydrogens is 618 g/mol. The molecule has 4 nitrogen and oxygen atoms in total. The van der Waals surface area contributed by atoms with Crippen molar-refractivity contribution in [3.63, 3.8) is 0 Å². The molecular formula is C18H8Br2F6O4S2. The minimum absolute atomic E-state index is 0.00984. The molecule has 32 heavy (non-hydrogen) atoms. The van der Waals surface area contributed by atoms with E-state index in [2.05, 4.69) is 31.9 Å². The molecule has 0 saturated carbocycles. The van der Waals surface area contributed by atoms with Crippen molar-refractivity contribution < 1.29 is 44.3 Å². The van der Waals surface area contributed by atoms with Gasteiger partial charge in [0.25, 0.3) is 12.9 Å². The number of fused-ring (bicyclic) bond motifs is 2. The number of benzene rings is 2. The van der Waals surface area contributed by atoms with Gasteiger partial charge in [-0.15, -0.1) is 0 Å². The Morgan fingerprint density at radius 3 is 1.78 bits per heavy atom. The molecule has 0 bridgehead atoms. The number of hydrogen-bond donors (Lipinski definition) is 0. The Kier molecular flexibility index (Phi) is 7.18. The zero-order valence-corrected chi connectivity index (χ0v) is 19.9. The van der Waals surface area contributed by atoms with Crippen LogP contribution in [0.1, 0.15) is 44.7 Å². The van der Waals surface area contributed by atoms with E-state index in [-0.39, 0.29) is 36.5 Å². The van der Waals surface area contributed by atoms with Crippen LogP contribution in [0.15, 0.2) is 43.0 Å². The Morgan fingerprint density at radius 1 is 0.812 bits per heavy atom. The first kappa shape index (κ1) is 25.2. The first-order valence-corrected chi connectivity index (χ1v) is 12.3. The summed E-state index contributed by atoms with van der Waals surface area (Å²) in [5.41, 5.74) is -1.58. The van der Waals surface area contributed by atoms with Crippen LogP contribution in [-0.2, 0) is 21.6 Å². The van der Waals surface area contributed by atoms with E-state index in [0.29, 0.717) is 0 Å². The Labute approximate surface area is 197 Å². The third-order valence-corrected chi connectivity index (χ3v) is 8.70. The Balaban J connectivity index is 0.000000182. The van der Waals surface area contributed by atoms with Gasteiger partial charge in [-0.25, -0.2) is 21.8 Å². The van der Waals surface area contributed by atoms with Crippen molar-refractivity contribution in [1.82, 2.24) is 0 Å². The van der Waals surface area contributed by atoms with Crippen molar-refractivity contribution in [2.45, 2.75) is 27.9 Å².